The molecule has 0 saturated carbocycles. The van der Waals surface area contributed by atoms with Crippen LogP contribution in [0, 0.1) is 23.2 Å². The second-order valence-corrected chi connectivity index (χ2v) is 5.30. The van der Waals surface area contributed by atoms with Crippen molar-refractivity contribution in [3.05, 3.63) is 0 Å². The van der Waals surface area contributed by atoms with E-state index in [0.717, 1.165) is 0 Å². The minimum Gasteiger partial charge on any atom is -0.528 e. The number of carbonyl (C=O) groups is 1. The maximum atomic E-state index is 12.0. The van der Waals surface area contributed by atoms with Crippen molar-refractivity contribution in [3.8, 4) is 0 Å². The van der Waals surface area contributed by atoms with E-state index in [9.17, 15) is 4.79 Å². The first kappa shape index (κ1) is 13.7. The molecule has 2 nitrogen and oxygen atoms in total. The molecule has 14 heavy (non-hydrogen) atoms. The SMILES string of the molecule is CC(C)C(C(=O)O[SiH3])(C(C)C)C(C)C. The highest BCUT2D eigenvalue weighted by molar-refractivity contribution is 6.06. The summed E-state index contributed by atoms with van der Waals surface area (Å²) < 4.78 is 5.10. The molecule has 0 atom stereocenters. The molecule has 3 heteroatoms. The highest BCUT2D eigenvalue weighted by Gasteiger charge is 2.47. The summed E-state index contributed by atoms with van der Waals surface area (Å²) in [5.74, 6) is 0.959. The van der Waals surface area contributed by atoms with Gasteiger partial charge < -0.3 is 4.43 Å². The van der Waals surface area contributed by atoms with E-state index in [2.05, 4.69) is 41.5 Å². The van der Waals surface area contributed by atoms with E-state index in [1.165, 1.54) is 0 Å². The van der Waals surface area contributed by atoms with Gasteiger partial charge in [-0.1, -0.05) is 41.5 Å². The molecule has 0 N–H and O–H groups in total. The Morgan fingerprint density at radius 1 is 1.00 bits per heavy atom. The van der Waals surface area contributed by atoms with Crippen LogP contribution in [0.1, 0.15) is 41.5 Å². The predicted molar refractivity (Wildman–Crippen MR) is 63.0 cm³/mol. The van der Waals surface area contributed by atoms with Crippen molar-refractivity contribution in [1.29, 1.82) is 0 Å². The van der Waals surface area contributed by atoms with Gasteiger partial charge in [-0.25, -0.2) is 0 Å². The van der Waals surface area contributed by atoms with Crippen molar-refractivity contribution in [2.24, 2.45) is 23.2 Å². The van der Waals surface area contributed by atoms with Crippen LogP contribution in [-0.4, -0.2) is 16.5 Å². The Balaban J connectivity index is 5.27. The lowest BCUT2D eigenvalue weighted by Gasteiger charge is -2.42. The molecule has 0 saturated heterocycles. The molecule has 0 heterocycles. The average Bonchev–Trinajstić information content (AvgIpc) is 2.02. The predicted octanol–water partition coefficient (Wildman–Crippen LogP) is 1.76. The van der Waals surface area contributed by atoms with E-state index >= 15 is 0 Å². The number of rotatable bonds is 4. The van der Waals surface area contributed by atoms with Gasteiger partial charge in [-0.3, -0.25) is 4.79 Å². The standard InChI is InChI=1S/C11H24O2Si/c1-7(2)11(8(3)4,9(5)6)10(12)13-14/h7-9H,1-6,14H3. The zero-order valence-electron chi connectivity index (χ0n) is 10.5. The smallest absolute Gasteiger partial charge is 0.298 e. The second kappa shape index (κ2) is 4.96. The van der Waals surface area contributed by atoms with Crippen molar-refractivity contribution in [2.75, 3.05) is 0 Å². The van der Waals surface area contributed by atoms with Gasteiger partial charge in [-0.05, 0) is 17.8 Å². The molecule has 0 amide bonds. The van der Waals surface area contributed by atoms with Crippen molar-refractivity contribution < 1.29 is 9.22 Å². The zero-order valence-corrected chi connectivity index (χ0v) is 12.5. The van der Waals surface area contributed by atoms with Gasteiger partial charge >= 0.3 is 0 Å². The zero-order chi connectivity index (χ0) is 11.5. The van der Waals surface area contributed by atoms with Gasteiger partial charge in [-0.15, -0.1) is 0 Å². The first-order valence-electron chi connectivity index (χ1n) is 5.40. The fourth-order valence-electron chi connectivity index (χ4n) is 2.88. The third-order valence-electron chi connectivity index (χ3n) is 3.40. The highest BCUT2D eigenvalue weighted by Crippen LogP contribution is 2.43. The maximum absolute atomic E-state index is 12.0. The van der Waals surface area contributed by atoms with Crippen LogP contribution < -0.4 is 0 Å². The van der Waals surface area contributed by atoms with Crippen LogP contribution in [0.4, 0.5) is 0 Å². The van der Waals surface area contributed by atoms with Gasteiger partial charge in [0, 0.05) is 0 Å². The van der Waals surface area contributed by atoms with Gasteiger partial charge in [-0.2, -0.15) is 0 Å². The molecule has 0 aromatic heterocycles. The lowest BCUT2D eigenvalue weighted by atomic mass is 9.62. The molecule has 84 valence electrons. The maximum Gasteiger partial charge on any atom is 0.298 e. The van der Waals surface area contributed by atoms with E-state index < -0.39 is 0 Å². The lowest BCUT2D eigenvalue weighted by molar-refractivity contribution is -0.156. The molecule has 0 unspecified atom stereocenters. The Bertz CT molecular complexity index is 176. The molecule has 0 radical (unpaired) electrons. The Hall–Kier alpha value is -0.313. The minimum atomic E-state index is -0.318. The molecule has 0 fully saturated rings. The van der Waals surface area contributed by atoms with Crippen molar-refractivity contribution in [3.63, 3.8) is 0 Å². The molecule has 0 aliphatic carbocycles. The van der Waals surface area contributed by atoms with Gasteiger partial charge in [0.05, 0.1) is 5.41 Å². The minimum absolute atomic E-state index is 0.0100. The first-order valence-corrected chi connectivity index (χ1v) is 6.21. The van der Waals surface area contributed by atoms with Crippen molar-refractivity contribution in [2.45, 2.75) is 41.5 Å². The molecular weight excluding hydrogens is 192 g/mol. The van der Waals surface area contributed by atoms with Crippen LogP contribution >= 0.6 is 0 Å². The number of hydrogen-bond donors (Lipinski definition) is 0. The Kier molecular flexibility index (Phi) is 4.85. The Labute approximate surface area is 91.0 Å². The van der Waals surface area contributed by atoms with E-state index in [1.54, 1.807) is 0 Å². The summed E-state index contributed by atoms with van der Waals surface area (Å²) in [6.07, 6.45) is 0. The van der Waals surface area contributed by atoms with Gasteiger partial charge in [0.25, 0.3) is 5.97 Å². The second-order valence-electron chi connectivity index (χ2n) is 4.89. The van der Waals surface area contributed by atoms with Crippen LogP contribution in [0.5, 0.6) is 0 Å². The molecular formula is C11H24O2Si. The fraction of sp³-hybridized carbons (Fsp3) is 0.909. The van der Waals surface area contributed by atoms with Crippen molar-refractivity contribution in [1.82, 2.24) is 0 Å². The topological polar surface area (TPSA) is 26.3 Å². The molecule has 0 aliphatic heterocycles. The van der Waals surface area contributed by atoms with Gasteiger partial charge in [0.15, 0.2) is 0 Å². The summed E-state index contributed by atoms with van der Waals surface area (Å²) in [5, 5.41) is 0. The van der Waals surface area contributed by atoms with Crippen LogP contribution in [0.3, 0.4) is 0 Å². The largest absolute Gasteiger partial charge is 0.528 e. The highest BCUT2D eigenvalue weighted by atomic mass is 28.2. The van der Waals surface area contributed by atoms with Crippen LogP contribution in [0.15, 0.2) is 0 Å². The summed E-state index contributed by atoms with van der Waals surface area (Å²) in [6, 6.07) is 0. The molecule has 0 aromatic rings. The van der Waals surface area contributed by atoms with E-state index in [-0.39, 0.29) is 11.4 Å². The molecule has 0 bridgehead atoms. The lowest BCUT2D eigenvalue weighted by Crippen LogP contribution is -2.46. The summed E-state index contributed by atoms with van der Waals surface area (Å²) in [6.45, 7) is 12.7. The molecule has 0 spiro atoms. The Morgan fingerprint density at radius 3 is 1.36 bits per heavy atom. The van der Waals surface area contributed by atoms with Gasteiger partial charge in [0.1, 0.15) is 0 Å². The Morgan fingerprint density at radius 2 is 1.29 bits per heavy atom. The molecule has 0 rings (SSSR count). The number of hydrogen-bond acceptors (Lipinski definition) is 2. The van der Waals surface area contributed by atoms with Crippen LogP contribution in [0.2, 0.25) is 0 Å². The van der Waals surface area contributed by atoms with Crippen LogP contribution in [0.25, 0.3) is 0 Å². The molecule has 0 aliphatic rings. The summed E-state index contributed by atoms with van der Waals surface area (Å²) >= 11 is 0. The number of carbonyl (C=O) groups excluding carboxylic acids is 1. The van der Waals surface area contributed by atoms with E-state index in [1.807, 2.05) is 0 Å². The normalized spacial score (nSPS) is 12.9. The third kappa shape index (κ3) is 2.02. The monoisotopic (exact) mass is 216 g/mol. The fourth-order valence-corrected chi connectivity index (χ4v) is 3.24. The van der Waals surface area contributed by atoms with E-state index in [0.29, 0.717) is 28.2 Å². The average molecular weight is 216 g/mol. The first-order chi connectivity index (χ1) is 6.31. The van der Waals surface area contributed by atoms with Crippen molar-refractivity contribution >= 4 is 16.5 Å². The van der Waals surface area contributed by atoms with Gasteiger partial charge in [0.2, 0.25) is 10.5 Å². The molecule has 0 aromatic carbocycles. The third-order valence-corrected chi connectivity index (χ3v) is 3.78. The quantitative estimate of drug-likeness (QED) is 0.670. The summed E-state index contributed by atoms with van der Waals surface area (Å²) in [5.41, 5.74) is -0.318. The summed E-state index contributed by atoms with van der Waals surface area (Å²) in [7, 11) is 0.492. The van der Waals surface area contributed by atoms with E-state index in [4.69, 9.17) is 4.43 Å². The summed E-state index contributed by atoms with van der Waals surface area (Å²) in [4.78, 5) is 12.0. The van der Waals surface area contributed by atoms with Crippen LogP contribution in [-0.2, 0) is 9.22 Å².